The molecule has 2 aromatic carbocycles. The molecule has 3 aromatic rings. The molecule has 0 unspecified atom stereocenters. The molecule has 1 aromatic heterocycles. The normalized spacial score (nSPS) is 10.6. The highest BCUT2D eigenvalue weighted by atomic mass is 16.5. The van der Waals surface area contributed by atoms with Crippen molar-refractivity contribution in [1.29, 1.82) is 0 Å². The first-order chi connectivity index (χ1) is 11.1. The molecule has 0 atom stereocenters. The van der Waals surface area contributed by atoms with E-state index in [9.17, 15) is 14.8 Å². The van der Waals surface area contributed by atoms with Crippen LogP contribution < -0.4 is 5.46 Å². The van der Waals surface area contributed by atoms with E-state index < -0.39 is 6.09 Å². The Labute approximate surface area is 132 Å². The molecule has 0 fully saturated rings. The second-order valence-electron chi connectivity index (χ2n) is 4.97. The van der Waals surface area contributed by atoms with Crippen LogP contribution >= 0.6 is 0 Å². The number of benzene rings is 2. The Hall–Kier alpha value is -3.09. The summed E-state index contributed by atoms with van der Waals surface area (Å²) in [6, 6.07) is 11.2. The van der Waals surface area contributed by atoms with Crippen molar-refractivity contribution in [2.75, 3.05) is 0 Å². The minimum Gasteiger partial charge on any atom is -0.506 e. The van der Waals surface area contributed by atoms with Crippen LogP contribution in [0.3, 0.4) is 0 Å². The summed E-state index contributed by atoms with van der Waals surface area (Å²) in [5.74, 6) is -0.0503. The van der Waals surface area contributed by atoms with Crippen LogP contribution in [0, 0.1) is 4.91 Å². The number of carbonyl (C=O) groups is 1. The third-order valence-electron chi connectivity index (χ3n) is 3.41. The second kappa shape index (κ2) is 5.96. The highest BCUT2D eigenvalue weighted by Crippen LogP contribution is 2.26. The molecule has 0 aliphatic carbocycles. The number of nitrogens with zero attached hydrogens (tertiary/aromatic N) is 2. The van der Waals surface area contributed by atoms with Crippen LogP contribution in [0.25, 0.3) is 10.9 Å². The summed E-state index contributed by atoms with van der Waals surface area (Å²) in [7, 11) is 5.67. The molecule has 1 N–H and O–H groups in total. The van der Waals surface area contributed by atoms with Crippen molar-refractivity contribution in [2.45, 2.75) is 6.61 Å². The minimum atomic E-state index is -0.627. The molecular formula is C16H11BN2O4. The van der Waals surface area contributed by atoms with Gasteiger partial charge in [0.1, 0.15) is 25.9 Å². The van der Waals surface area contributed by atoms with Crippen LogP contribution in [-0.2, 0) is 11.3 Å². The summed E-state index contributed by atoms with van der Waals surface area (Å²) in [6.45, 7) is 0.0351. The van der Waals surface area contributed by atoms with Gasteiger partial charge in [-0.2, -0.15) is 0 Å². The van der Waals surface area contributed by atoms with Crippen LogP contribution in [0.5, 0.6) is 5.75 Å². The zero-order chi connectivity index (χ0) is 16.4. The first-order valence-corrected chi connectivity index (χ1v) is 6.77. The molecule has 0 aliphatic rings. The lowest BCUT2D eigenvalue weighted by atomic mass is 9.95. The predicted octanol–water partition coefficient (Wildman–Crippen LogP) is 2.72. The summed E-state index contributed by atoms with van der Waals surface area (Å²) in [4.78, 5) is 22.5. The third kappa shape index (κ3) is 2.94. The fourth-order valence-electron chi connectivity index (χ4n) is 2.25. The van der Waals surface area contributed by atoms with Crippen molar-refractivity contribution in [3.63, 3.8) is 0 Å². The van der Waals surface area contributed by atoms with E-state index in [-0.39, 0.29) is 12.4 Å². The Balaban J connectivity index is 1.79. The summed E-state index contributed by atoms with van der Waals surface area (Å²) in [6.07, 6.45) is 0.656. The van der Waals surface area contributed by atoms with Crippen molar-refractivity contribution in [2.24, 2.45) is 5.18 Å². The number of ether oxygens (including phenoxy) is 1. The van der Waals surface area contributed by atoms with Gasteiger partial charge in [-0.15, -0.1) is 4.91 Å². The molecule has 0 amide bonds. The fraction of sp³-hybridized carbons (Fsp3) is 0.0625. The molecule has 0 bridgehead atoms. The van der Waals surface area contributed by atoms with E-state index >= 15 is 0 Å². The van der Waals surface area contributed by atoms with E-state index in [4.69, 9.17) is 12.6 Å². The first-order valence-electron chi connectivity index (χ1n) is 6.77. The standard InChI is InChI=1S/C16H11BN2O4/c17-11-3-6-14-13(7-11)15(20)8-19(14)16(21)23-9-10-1-4-12(18-22)5-2-10/h1-8,20H,9H2. The maximum Gasteiger partial charge on any atom is 0.418 e. The molecule has 0 saturated heterocycles. The Morgan fingerprint density at radius 2 is 1.96 bits per heavy atom. The van der Waals surface area contributed by atoms with Crippen LogP contribution in [0.4, 0.5) is 10.5 Å². The topological polar surface area (TPSA) is 80.9 Å². The molecule has 0 aliphatic heterocycles. The van der Waals surface area contributed by atoms with Gasteiger partial charge in [0, 0.05) is 5.39 Å². The van der Waals surface area contributed by atoms with E-state index in [1.807, 2.05) is 0 Å². The van der Waals surface area contributed by atoms with Gasteiger partial charge in [-0.25, -0.2) is 9.36 Å². The van der Waals surface area contributed by atoms with Gasteiger partial charge in [0.25, 0.3) is 0 Å². The number of aromatic hydroxyl groups is 1. The number of aromatic nitrogens is 1. The monoisotopic (exact) mass is 306 g/mol. The molecule has 6 nitrogen and oxygen atoms in total. The number of fused-ring (bicyclic) bond motifs is 1. The predicted molar refractivity (Wildman–Crippen MR) is 86.5 cm³/mol. The maximum absolute atomic E-state index is 12.2. The Morgan fingerprint density at radius 1 is 1.22 bits per heavy atom. The molecular weight excluding hydrogens is 295 g/mol. The van der Waals surface area contributed by atoms with Crippen molar-refractivity contribution in [3.05, 3.63) is 59.1 Å². The second-order valence-corrected chi connectivity index (χ2v) is 4.97. The average Bonchev–Trinajstić information content (AvgIpc) is 2.89. The first kappa shape index (κ1) is 14.8. The largest absolute Gasteiger partial charge is 0.506 e. The van der Waals surface area contributed by atoms with Crippen molar-refractivity contribution >= 4 is 36.0 Å². The number of nitroso groups, excluding NO2 is 1. The van der Waals surface area contributed by atoms with Crippen LogP contribution in [0.15, 0.2) is 53.8 Å². The highest BCUT2D eigenvalue weighted by Gasteiger charge is 2.14. The molecule has 0 saturated carbocycles. The quantitative estimate of drug-likeness (QED) is 0.596. The van der Waals surface area contributed by atoms with Crippen LogP contribution in [-0.4, -0.2) is 23.6 Å². The van der Waals surface area contributed by atoms with Gasteiger partial charge >= 0.3 is 6.09 Å². The Kier molecular flexibility index (Phi) is 3.84. The number of hydrogen-bond donors (Lipinski definition) is 1. The lowest BCUT2D eigenvalue weighted by Crippen LogP contribution is -2.12. The molecule has 112 valence electrons. The lowest BCUT2D eigenvalue weighted by molar-refractivity contribution is 0.142. The van der Waals surface area contributed by atoms with Crippen molar-refractivity contribution < 1.29 is 14.6 Å². The molecule has 23 heavy (non-hydrogen) atoms. The van der Waals surface area contributed by atoms with Crippen LogP contribution in [0.2, 0.25) is 0 Å². The SMILES string of the molecule is [B]c1ccc2c(c1)c(O)cn2C(=O)OCc1ccc(N=O)cc1. The molecule has 3 rings (SSSR count). The van der Waals surface area contributed by atoms with Gasteiger partial charge in [0.2, 0.25) is 0 Å². The summed E-state index contributed by atoms with van der Waals surface area (Å²) < 4.78 is 6.43. The molecule has 2 radical (unpaired) electrons. The smallest absolute Gasteiger partial charge is 0.418 e. The fourth-order valence-corrected chi connectivity index (χ4v) is 2.25. The van der Waals surface area contributed by atoms with E-state index in [0.717, 1.165) is 5.56 Å². The van der Waals surface area contributed by atoms with Gasteiger partial charge < -0.3 is 9.84 Å². The summed E-state index contributed by atoms with van der Waals surface area (Å²) >= 11 is 0. The van der Waals surface area contributed by atoms with E-state index in [1.165, 1.54) is 22.9 Å². The van der Waals surface area contributed by atoms with E-state index in [0.29, 0.717) is 22.1 Å². The molecule has 7 heteroatoms. The summed E-state index contributed by atoms with van der Waals surface area (Å²) in [5, 5.41) is 13.2. The zero-order valence-corrected chi connectivity index (χ0v) is 12.0. The molecule has 0 spiro atoms. The van der Waals surface area contributed by atoms with Gasteiger partial charge in [0.05, 0.1) is 11.7 Å². The van der Waals surface area contributed by atoms with E-state index in [1.54, 1.807) is 30.3 Å². The summed E-state index contributed by atoms with van der Waals surface area (Å²) in [5.41, 5.74) is 2.01. The van der Waals surface area contributed by atoms with Crippen molar-refractivity contribution in [3.8, 4) is 5.75 Å². The van der Waals surface area contributed by atoms with E-state index in [2.05, 4.69) is 5.18 Å². The van der Waals surface area contributed by atoms with Gasteiger partial charge in [-0.1, -0.05) is 29.7 Å². The third-order valence-corrected chi connectivity index (χ3v) is 3.41. The Morgan fingerprint density at radius 3 is 2.65 bits per heavy atom. The average molecular weight is 306 g/mol. The highest BCUT2D eigenvalue weighted by molar-refractivity contribution is 6.33. The number of hydrogen-bond acceptors (Lipinski definition) is 5. The molecule has 1 heterocycles. The number of rotatable bonds is 3. The maximum atomic E-state index is 12.2. The minimum absolute atomic E-state index is 0.0351. The van der Waals surface area contributed by atoms with Gasteiger partial charge in [0.15, 0.2) is 0 Å². The van der Waals surface area contributed by atoms with Gasteiger partial charge in [-0.3, -0.25) is 0 Å². The van der Waals surface area contributed by atoms with Crippen LogP contribution in [0.1, 0.15) is 5.56 Å². The zero-order valence-electron chi connectivity index (χ0n) is 12.0. The van der Waals surface area contributed by atoms with Gasteiger partial charge in [-0.05, 0) is 28.9 Å². The lowest BCUT2D eigenvalue weighted by Gasteiger charge is -2.06. The number of carbonyl (C=O) groups excluding carboxylic acids is 1. The Bertz CT molecular complexity index is 887. The van der Waals surface area contributed by atoms with Crippen molar-refractivity contribution in [1.82, 2.24) is 4.57 Å².